The molecule has 1 aromatic rings. The number of rotatable bonds is 2. The lowest BCUT2D eigenvalue weighted by Crippen LogP contribution is -2.32. The van der Waals surface area contributed by atoms with Gasteiger partial charge in [-0.1, -0.05) is 32.4 Å². The monoisotopic (exact) mass is 289 g/mol. The highest BCUT2D eigenvalue weighted by Gasteiger charge is 2.63. The average molecular weight is 290 g/mol. The van der Waals surface area contributed by atoms with Gasteiger partial charge in [-0.15, -0.1) is 0 Å². The largest absolute Gasteiger partial charge is 0.361 e. The molecule has 2 saturated carbocycles. The maximum Gasteiger partial charge on any atom is 0.167 e. The molecule has 1 N–H and O–H groups in total. The maximum atomic E-state index is 12.7. The molecule has 0 saturated heterocycles. The van der Waals surface area contributed by atoms with Gasteiger partial charge in [0.1, 0.15) is 0 Å². The van der Waals surface area contributed by atoms with Crippen molar-refractivity contribution in [2.45, 2.75) is 33.6 Å². The summed E-state index contributed by atoms with van der Waals surface area (Å²) in [5.74, 6) is 0.694. The molecular formula is C17H20ClNO. The van der Waals surface area contributed by atoms with Gasteiger partial charge in [0.15, 0.2) is 5.78 Å². The van der Waals surface area contributed by atoms with E-state index in [1.165, 1.54) is 0 Å². The molecular weight excluding hydrogens is 270 g/mol. The number of fused-ring (bicyclic) bond motifs is 2. The highest BCUT2D eigenvalue weighted by atomic mass is 35.5. The highest BCUT2D eigenvalue weighted by molar-refractivity contribution is 6.30. The fourth-order valence-corrected chi connectivity index (χ4v) is 3.93. The fraction of sp³-hybridized carbons (Fsp3) is 0.471. The number of carbonyl (C=O) groups is 1. The van der Waals surface area contributed by atoms with E-state index in [1.807, 2.05) is 30.5 Å². The summed E-state index contributed by atoms with van der Waals surface area (Å²) in [6, 6.07) is 7.53. The zero-order chi connectivity index (χ0) is 14.5. The van der Waals surface area contributed by atoms with Gasteiger partial charge in [-0.3, -0.25) is 4.79 Å². The Morgan fingerprint density at radius 1 is 1.25 bits per heavy atom. The lowest BCUT2D eigenvalue weighted by Gasteiger charge is -2.31. The lowest BCUT2D eigenvalue weighted by molar-refractivity contribution is -0.125. The predicted molar refractivity (Wildman–Crippen MR) is 82.8 cm³/mol. The second-order valence-corrected chi connectivity index (χ2v) is 7.16. The number of benzene rings is 1. The molecule has 2 atom stereocenters. The van der Waals surface area contributed by atoms with Gasteiger partial charge < -0.3 is 5.32 Å². The first kappa shape index (κ1) is 13.7. The SMILES string of the molecule is CC1(C)[C@@H]2CC[C@@]1(C)C(=O)C2=CNc1ccc(Cl)cc1. The summed E-state index contributed by atoms with van der Waals surface area (Å²) < 4.78 is 0. The van der Waals surface area contributed by atoms with Crippen LogP contribution in [0.1, 0.15) is 33.6 Å². The molecule has 0 unspecified atom stereocenters. The Bertz CT molecular complexity index is 588. The van der Waals surface area contributed by atoms with Crippen LogP contribution in [0.15, 0.2) is 36.0 Å². The summed E-state index contributed by atoms with van der Waals surface area (Å²) >= 11 is 5.87. The van der Waals surface area contributed by atoms with Gasteiger partial charge in [0.05, 0.1) is 0 Å². The van der Waals surface area contributed by atoms with Gasteiger partial charge in [0.2, 0.25) is 0 Å². The summed E-state index contributed by atoms with van der Waals surface area (Å²) in [5.41, 5.74) is 1.79. The van der Waals surface area contributed by atoms with Gasteiger partial charge in [0, 0.05) is 27.9 Å². The molecule has 0 spiro atoms. The third-order valence-corrected chi connectivity index (χ3v) is 5.86. The van der Waals surface area contributed by atoms with Crippen molar-refractivity contribution < 1.29 is 4.79 Å². The van der Waals surface area contributed by atoms with Crippen molar-refractivity contribution in [3.63, 3.8) is 0 Å². The predicted octanol–water partition coefficient (Wildman–Crippen LogP) is 4.66. The molecule has 2 aliphatic rings. The molecule has 0 amide bonds. The molecule has 0 aliphatic heterocycles. The van der Waals surface area contributed by atoms with E-state index < -0.39 is 0 Å². The molecule has 20 heavy (non-hydrogen) atoms. The third-order valence-electron chi connectivity index (χ3n) is 5.60. The summed E-state index contributed by atoms with van der Waals surface area (Å²) in [6.07, 6.45) is 4.04. The van der Waals surface area contributed by atoms with Gasteiger partial charge >= 0.3 is 0 Å². The first-order valence-corrected chi connectivity index (χ1v) is 7.51. The summed E-state index contributed by atoms with van der Waals surface area (Å²) in [4.78, 5) is 12.7. The smallest absolute Gasteiger partial charge is 0.167 e. The van der Waals surface area contributed by atoms with Crippen LogP contribution < -0.4 is 5.32 Å². The van der Waals surface area contributed by atoms with E-state index in [-0.39, 0.29) is 10.8 Å². The Balaban J connectivity index is 1.87. The van der Waals surface area contributed by atoms with Crippen LogP contribution >= 0.6 is 11.6 Å². The molecule has 0 radical (unpaired) electrons. The maximum absolute atomic E-state index is 12.7. The van der Waals surface area contributed by atoms with E-state index in [4.69, 9.17) is 11.6 Å². The quantitative estimate of drug-likeness (QED) is 0.802. The third kappa shape index (κ3) is 1.74. The van der Waals surface area contributed by atoms with Gasteiger partial charge in [-0.05, 0) is 48.4 Å². The van der Waals surface area contributed by atoms with E-state index in [9.17, 15) is 4.79 Å². The second kappa shape index (κ2) is 4.36. The number of hydrogen-bond acceptors (Lipinski definition) is 2. The van der Waals surface area contributed by atoms with Crippen molar-refractivity contribution in [1.29, 1.82) is 0 Å². The number of ketones is 1. The zero-order valence-corrected chi connectivity index (χ0v) is 12.9. The molecule has 2 aliphatic carbocycles. The van der Waals surface area contributed by atoms with Crippen LogP contribution in [0.2, 0.25) is 5.02 Å². The van der Waals surface area contributed by atoms with E-state index in [0.717, 1.165) is 24.1 Å². The number of halogens is 1. The normalized spacial score (nSPS) is 32.9. The molecule has 1 aromatic carbocycles. The standard InChI is InChI=1S/C17H20ClNO/c1-16(2)14-8-9-17(16,3)15(20)13(14)10-19-12-6-4-11(18)5-7-12/h4-7,10,14,19H,8-9H2,1-3H3/t14-,17+/m1/s1. The molecule has 2 nitrogen and oxygen atoms in total. The second-order valence-electron chi connectivity index (χ2n) is 6.73. The van der Waals surface area contributed by atoms with Crippen LogP contribution in [-0.4, -0.2) is 5.78 Å². The van der Waals surface area contributed by atoms with E-state index in [0.29, 0.717) is 16.7 Å². The minimum Gasteiger partial charge on any atom is -0.361 e. The zero-order valence-electron chi connectivity index (χ0n) is 12.2. The van der Waals surface area contributed by atoms with Crippen molar-refractivity contribution in [1.82, 2.24) is 0 Å². The average Bonchev–Trinajstić information content (AvgIpc) is 2.71. The Kier molecular flexibility index (Phi) is 2.98. The van der Waals surface area contributed by atoms with Gasteiger partial charge in [-0.2, -0.15) is 0 Å². The number of anilines is 1. The van der Waals surface area contributed by atoms with E-state index in [1.54, 1.807) is 0 Å². The van der Waals surface area contributed by atoms with Crippen molar-refractivity contribution in [2.75, 3.05) is 5.32 Å². The van der Waals surface area contributed by atoms with E-state index in [2.05, 4.69) is 26.1 Å². The Morgan fingerprint density at radius 3 is 2.45 bits per heavy atom. The Morgan fingerprint density at radius 2 is 1.90 bits per heavy atom. The minimum absolute atomic E-state index is 0.0671. The number of Topliss-reactive ketones (excluding diaryl/α,β-unsaturated/α-hetero) is 1. The lowest BCUT2D eigenvalue weighted by atomic mass is 9.70. The molecule has 0 heterocycles. The molecule has 106 valence electrons. The number of allylic oxidation sites excluding steroid dienone is 1. The van der Waals surface area contributed by atoms with E-state index >= 15 is 0 Å². The van der Waals surface area contributed by atoms with Crippen LogP contribution in [0.25, 0.3) is 0 Å². The molecule has 3 heteroatoms. The van der Waals surface area contributed by atoms with Crippen molar-refractivity contribution >= 4 is 23.1 Å². The van der Waals surface area contributed by atoms with Crippen LogP contribution in [0.5, 0.6) is 0 Å². The molecule has 2 fully saturated rings. The Hall–Kier alpha value is -1.28. The summed E-state index contributed by atoms with van der Waals surface area (Å²) in [7, 11) is 0. The summed E-state index contributed by atoms with van der Waals surface area (Å²) in [6.45, 7) is 6.58. The van der Waals surface area contributed by atoms with Gasteiger partial charge in [0.25, 0.3) is 0 Å². The van der Waals surface area contributed by atoms with Crippen LogP contribution in [-0.2, 0) is 4.79 Å². The van der Waals surface area contributed by atoms with Crippen molar-refractivity contribution in [3.05, 3.63) is 41.1 Å². The van der Waals surface area contributed by atoms with Gasteiger partial charge in [-0.25, -0.2) is 0 Å². The number of nitrogens with one attached hydrogen (secondary N) is 1. The van der Waals surface area contributed by atoms with Crippen LogP contribution in [0.4, 0.5) is 5.69 Å². The first-order chi connectivity index (χ1) is 9.36. The topological polar surface area (TPSA) is 29.1 Å². The van der Waals surface area contributed by atoms with Crippen molar-refractivity contribution in [2.24, 2.45) is 16.7 Å². The van der Waals surface area contributed by atoms with Crippen LogP contribution in [0, 0.1) is 16.7 Å². The van der Waals surface area contributed by atoms with Crippen LogP contribution in [0.3, 0.4) is 0 Å². The molecule has 0 aromatic heterocycles. The number of hydrogen-bond donors (Lipinski definition) is 1. The minimum atomic E-state index is -0.189. The number of carbonyl (C=O) groups excluding carboxylic acids is 1. The summed E-state index contributed by atoms with van der Waals surface area (Å²) in [5, 5.41) is 3.96. The Labute approximate surface area is 125 Å². The fourth-order valence-electron chi connectivity index (χ4n) is 3.80. The first-order valence-electron chi connectivity index (χ1n) is 7.13. The molecule has 2 bridgehead atoms. The highest BCUT2D eigenvalue weighted by Crippen LogP contribution is 2.65. The molecule has 3 rings (SSSR count). The van der Waals surface area contributed by atoms with Crippen molar-refractivity contribution in [3.8, 4) is 0 Å².